The van der Waals surface area contributed by atoms with E-state index in [4.69, 9.17) is 9.47 Å². The zero-order valence-electron chi connectivity index (χ0n) is 17.7. The second-order valence-corrected chi connectivity index (χ2v) is 8.87. The summed E-state index contributed by atoms with van der Waals surface area (Å²) in [6.07, 6.45) is -0.526. The topological polar surface area (TPSA) is 55.8 Å². The summed E-state index contributed by atoms with van der Waals surface area (Å²) in [5.41, 5.74) is 0.219. The van der Waals surface area contributed by atoms with Crippen molar-refractivity contribution in [2.75, 3.05) is 6.54 Å². The van der Waals surface area contributed by atoms with Crippen LogP contribution >= 0.6 is 0 Å². The normalized spacial score (nSPS) is 20.8. The first-order valence-electron chi connectivity index (χ1n) is 9.89. The van der Waals surface area contributed by atoms with Gasteiger partial charge in [-0.15, -0.1) is 0 Å². The summed E-state index contributed by atoms with van der Waals surface area (Å²) < 4.78 is 11.5. The predicted molar refractivity (Wildman–Crippen MR) is 111 cm³/mol. The zero-order valence-corrected chi connectivity index (χ0v) is 17.7. The molecule has 1 fully saturated rings. The third-order valence-corrected chi connectivity index (χ3v) is 5.07. The van der Waals surface area contributed by atoms with E-state index in [1.165, 1.54) is 0 Å². The number of morpholine rings is 1. The molecule has 0 bridgehead atoms. The number of carbonyl (C=O) groups excluding carboxylic acids is 2. The average molecular weight is 395 g/mol. The van der Waals surface area contributed by atoms with E-state index in [-0.39, 0.29) is 24.5 Å². The average Bonchev–Trinajstić information content (AvgIpc) is 2.67. The lowest BCUT2D eigenvalue weighted by Gasteiger charge is -2.47. The molecule has 1 aliphatic rings. The maximum absolute atomic E-state index is 13.1. The molecular weight excluding hydrogens is 366 g/mol. The summed E-state index contributed by atoms with van der Waals surface area (Å²) in [4.78, 5) is 27.6. The van der Waals surface area contributed by atoms with Crippen LogP contribution in [0.25, 0.3) is 0 Å². The van der Waals surface area contributed by atoms with Gasteiger partial charge >= 0.3 is 11.9 Å². The molecule has 2 aromatic carbocycles. The Hall–Kier alpha value is -2.66. The zero-order chi connectivity index (χ0) is 21.2. The number of cyclic esters (lactones) is 1. The first-order chi connectivity index (χ1) is 13.6. The van der Waals surface area contributed by atoms with Crippen molar-refractivity contribution >= 4 is 11.9 Å². The van der Waals surface area contributed by atoms with Gasteiger partial charge in [0.05, 0.1) is 12.6 Å². The van der Waals surface area contributed by atoms with Crippen molar-refractivity contribution < 1.29 is 19.1 Å². The lowest BCUT2D eigenvalue weighted by Crippen LogP contribution is -2.58. The third kappa shape index (κ3) is 4.67. The smallest absolute Gasteiger partial charge is 0.326 e. The molecule has 0 aliphatic carbocycles. The minimum absolute atomic E-state index is 0.00906. The second kappa shape index (κ2) is 7.99. The Morgan fingerprint density at radius 2 is 1.45 bits per heavy atom. The van der Waals surface area contributed by atoms with Crippen molar-refractivity contribution in [2.45, 2.75) is 57.9 Å². The second-order valence-electron chi connectivity index (χ2n) is 8.87. The molecule has 0 saturated carbocycles. The van der Waals surface area contributed by atoms with Gasteiger partial charge in [-0.3, -0.25) is 14.5 Å². The van der Waals surface area contributed by atoms with Gasteiger partial charge in [-0.05, 0) is 45.7 Å². The van der Waals surface area contributed by atoms with Crippen LogP contribution in [0.15, 0.2) is 60.7 Å². The molecular formula is C24H29NO4. The van der Waals surface area contributed by atoms with Crippen LogP contribution in [0.2, 0.25) is 0 Å². The number of benzene rings is 2. The molecule has 0 aromatic heterocycles. The summed E-state index contributed by atoms with van der Waals surface area (Å²) in [5.74, 6) is -0.727. The quantitative estimate of drug-likeness (QED) is 0.716. The van der Waals surface area contributed by atoms with E-state index in [0.717, 1.165) is 11.1 Å². The lowest BCUT2D eigenvalue weighted by molar-refractivity contribution is -0.186. The molecule has 1 saturated heterocycles. The summed E-state index contributed by atoms with van der Waals surface area (Å²) in [6, 6.07) is 19.2. The summed E-state index contributed by atoms with van der Waals surface area (Å²) >= 11 is 0. The Morgan fingerprint density at radius 1 is 0.931 bits per heavy atom. The third-order valence-electron chi connectivity index (χ3n) is 5.07. The van der Waals surface area contributed by atoms with E-state index >= 15 is 0 Å². The lowest BCUT2D eigenvalue weighted by atomic mass is 9.88. The first kappa shape index (κ1) is 21.1. The molecule has 0 N–H and O–H groups in total. The van der Waals surface area contributed by atoms with Gasteiger partial charge in [0.25, 0.3) is 0 Å². The Kier molecular flexibility index (Phi) is 5.80. The summed E-state index contributed by atoms with van der Waals surface area (Å²) in [6.45, 7) is 9.14. The van der Waals surface area contributed by atoms with Crippen LogP contribution in [0.1, 0.15) is 57.9 Å². The van der Waals surface area contributed by atoms with Crippen LogP contribution in [0, 0.1) is 0 Å². The molecule has 5 heteroatoms. The molecule has 0 spiro atoms. The van der Waals surface area contributed by atoms with Gasteiger partial charge in [-0.2, -0.15) is 0 Å². The molecule has 3 rings (SSSR count). The number of hydrogen-bond acceptors (Lipinski definition) is 5. The van der Waals surface area contributed by atoms with Crippen molar-refractivity contribution in [3.8, 4) is 0 Å². The van der Waals surface area contributed by atoms with E-state index in [2.05, 4.69) is 0 Å². The van der Waals surface area contributed by atoms with E-state index in [0.29, 0.717) is 0 Å². The SMILES string of the molecule is CC(C)(C)OC(=O)C(C)(C)N1CC(=O)OC(c2ccccc2)C1c1ccccc1. The first-order valence-corrected chi connectivity index (χ1v) is 9.89. The van der Waals surface area contributed by atoms with Crippen molar-refractivity contribution in [2.24, 2.45) is 0 Å². The molecule has 0 radical (unpaired) electrons. The maximum atomic E-state index is 13.1. The van der Waals surface area contributed by atoms with Crippen LogP contribution in [0.5, 0.6) is 0 Å². The van der Waals surface area contributed by atoms with Gasteiger partial charge in [0.1, 0.15) is 17.2 Å². The highest BCUT2D eigenvalue weighted by Gasteiger charge is 2.49. The molecule has 1 heterocycles. The maximum Gasteiger partial charge on any atom is 0.326 e. The highest BCUT2D eigenvalue weighted by atomic mass is 16.6. The molecule has 154 valence electrons. The highest BCUT2D eigenvalue weighted by Crippen LogP contribution is 2.43. The Bertz CT molecular complexity index is 855. The van der Waals surface area contributed by atoms with Gasteiger partial charge in [0, 0.05) is 0 Å². The standard InChI is InChI=1S/C24H29NO4/c1-23(2,3)29-22(27)24(4,5)25-16-19(26)28-21(18-14-10-7-11-15-18)20(25)17-12-8-6-9-13-17/h6-15,20-21H,16H2,1-5H3. The number of rotatable bonds is 4. The van der Waals surface area contributed by atoms with E-state index in [1.54, 1.807) is 13.8 Å². The fourth-order valence-electron chi connectivity index (χ4n) is 3.61. The number of nitrogens with zero attached hydrogens (tertiary/aromatic N) is 1. The van der Waals surface area contributed by atoms with E-state index in [9.17, 15) is 9.59 Å². The predicted octanol–water partition coefficient (Wildman–Crippen LogP) is 4.45. The molecule has 29 heavy (non-hydrogen) atoms. The van der Waals surface area contributed by atoms with Gasteiger partial charge < -0.3 is 9.47 Å². The van der Waals surface area contributed by atoms with Gasteiger partial charge in [0.15, 0.2) is 0 Å². The molecule has 2 aromatic rings. The van der Waals surface area contributed by atoms with E-state index < -0.39 is 17.2 Å². The Labute approximate surface area is 172 Å². The number of hydrogen-bond donors (Lipinski definition) is 0. The molecule has 1 aliphatic heterocycles. The van der Waals surface area contributed by atoms with Crippen LogP contribution < -0.4 is 0 Å². The van der Waals surface area contributed by atoms with Crippen LogP contribution in [-0.2, 0) is 19.1 Å². The minimum Gasteiger partial charge on any atom is -0.459 e. The van der Waals surface area contributed by atoms with Crippen LogP contribution in [0.3, 0.4) is 0 Å². The van der Waals surface area contributed by atoms with Crippen LogP contribution in [0.4, 0.5) is 0 Å². The van der Waals surface area contributed by atoms with Crippen molar-refractivity contribution in [1.82, 2.24) is 4.90 Å². The largest absolute Gasteiger partial charge is 0.459 e. The molecule has 2 unspecified atom stereocenters. The number of esters is 2. The van der Waals surface area contributed by atoms with Gasteiger partial charge in [0.2, 0.25) is 0 Å². The molecule has 5 nitrogen and oxygen atoms in total. The van der Waals surface area contributed by atoms with E-state index in [1.807, 2.05) is 86.3 Å². The van der Waals surface area contributed by atoms with Crippen LogP contribution in [-0.4, -0.2) is 34.5 Å². The fourth-order valence-corrected chi connectivity index (χ4v) is 3.61. The van der Waals surface area contributed by atoms with Gasteiger partial charge in [-0.1, -0.05) is 60.7 Å². The van der Waals surface area contributed by atoms with Crippen molar-refractivity contribution in [3.05, 3.63) is 71.8 Å². The molecule has 2 atom stereocenters. The Morgan fingerprint density at radius 3 is 1.97 bits per heavy atom. The number of carbonyl (C=O) groups is 2. The van der Waals surface area contributed by atoms with Gasteiger partial charge in [-0.25, -0.2) is 0 Å². The van der Waals surface area contributed by atoms with Crippen molar-refractivity contribution in [1.29, 1.82) is 0 Å². The van der Waals surface area contributed by atoms with Crippen molar-refractivity contribution in [3.63, 3.8) is 0 Å². The highest BCUT2D eigenvalue weighted by molar-refractivity contribution is 5.82. The minimum atomic E-state index is -1.03. The Balaban J connectivity index is 2.07. The number of ether oxygens (including phenoxy) is 2. The summed E-state index contributed by atoms with van der Waals surface area (Å²) in [5, 5.41) is 0. The fraction of sp³-hybridized carbons (Fsp3) is 0.417. The molecule has 0 amide bonds. The summed E-state index contributed by atoms with van der Waals surface area (Å²) in [7, 11) is 0. The monoisotopic (exact) mass is 395 g/mol.